The second kappa shape index (κ2) is 2.86. The highest BCUT2D eigenvalue weighted by Crippen LogP contribution is 2.14. The minimum atomic E-state index is -0.520. The van der Waals surface area contributed by atoms with Crippen LogP contribution in [0.4, 0.5) is 0 Å². The zero-order valence-corrected chi connectivity index (χ0v) is 6.82. The molecule has 1 heterocycles. The topological polar surface area (TPSA) is 56.0 Å². The van der Waals surface area contributed by atoms with Gasteiger partial charge in [0.15, 0.2) is 0 Å². The van der Waals surface area contributed by atoms with Gasteiger partial charge in [0.1, 0.15) is 5.69 Å². The number of rotatable bonds is 1. The van der Waals surface area contributed by atoms with Crippen LogP contribution in [0.2, 0.25) is 0 Å². The van der Waals surface area contributed by atoms with Crippen molar-refractivity contribution in [1.82, 2.24) is 4.98 Å². The fourth-order valence-corrected chi connectivity index (χ4v) is 1.25. The Labute approximate surface area is 75.2 Å². The number of hydrogen-bond donors (Lipinski definition) is 1. The SMILES string of the molecule is NC(=O)c1n[c]cc2ccccc12. The van der Waals surface area contributed by atoms with E-state index in [2.05, 4.69) is 11.2 Å². The fourth-order valence-electron chi connectivity index (χ4n) is 1.25. The summed E-state index contributed by atoms with van der Waals surface area (Å²) in [7, 11) is 0. The molecule has 3 nitrogen and oxygen atoms in total. The minimum Gasteiger partial charge on any atom is -0.364 e. The molecule has 13 heavy (non-hydrogen) atoms. The van der Waals surface area contributed by atoms with Crippen LogP contribution in [0.5, 0.6) is 0 Å². The normalized spacial score (nSPS) is 10.2. The van der Waals surface area contributed by atoms with Crippen LogP contribution in [0, 0.1) is 6.20 Å². The number of carbonyl (C=O) groups excluding carboxylic acids is 1. The van der Waals surface area contributed by atoms with Crippen molar-refractivity contribution in [2.45, 2.75) is 0 Å². The van der Waals surface area contributed by atoms with Crippen molar-refractivity contribution in [3.8, 4) is 0 Å². The molecule has 2 N–H and O–H groups in total. The predicted molar refractivity (Wildman–Crippen MR) is 49.1 cm³/mol. The van der Waals surface area contributed by atoms with Crippen molar-refractivity contribution in [3.05, 3.63) is 42.2 Å². The fraction of sp³-hybridized carbons (Fsp3) is 0. The summed E-state index contributed by atoms with van der Waals surface area (Å²) in [5.74, 6) is -0.520. The third-order valence-electron chi connectivity index (χ3n) is 1.85. The zero-order chi connectivity index (χ0) is 9.26. The van der Waals surface area contributed by atoms with E-state index in [0.29, 0.717) is 0 Å². The summed E-state index contributed by atoms with van der Waals surface area (Å²) in [4.78, 5) is 14.8. The molecule has 0 saturated carbocycles. The van der Waals surface area contributed by atoms with Gasteiger partial charge in [-0.2, -0.15) is 0 Å². The van der Waals surface area contributed by atoms with Crippen molar-refractivity contribution in [1.29, 1.82) is 0 Å². The standard InChI is InChI=1S/C10H7N2O/c11-10(13)9-8-4-2-1-3-7(8)5-6-12-9/h1-5H,(H2,11,13). The molecule has 1 radical (unpaired) electrons. The van der Waals surface area contributed by atoms with Crippen LogP contribution in [-0.2, 0) is 0 Å². The Bertz CT molecular complexity index is 460. The molecule has 0 bridgehead atoms. The summed E-state index contributed by atoms with van der Waals surface area (Å²) in [5.41, 5.74) is 5.43. The molecule has 0 aliphatic carbocycles. The highest BCUT2D eigenvalue weighted by atomic mass is 16.1. The number of primary amides is 1. The maximum atomic E-state index is 11.0. The summed E-state index contributed by atoms with van der Waals surface area (Å²) in [6.45, 7) is 0. The van der Waals surface area contributed by atoms with Gasteiger partial charge in [0.05, 0.1) is 6.20 Å². The molecule has 2 rings (SSSR count). The largest absolute Gasteiger partial charge is 0.364 e. The molecule has 2 aromatic rings. The molecule has 0 aliphatic heterocycles. The van der Waals surface area contributed by atoms with E-state index >= 15 is 0 Å². The van der Waals surface area contributed by atoms with Gasteiger partial charge in [0.2, 0.25) is 0 Å². The zero-order valence-electron chi connectivity index (χ0n) is 6.82. The lowest BCUT2D eigenvalue weighted by molar-refractivity contribution is 0.0997. The average molecular weight is 171 g/mol. The Morgan fingerprint density at radius 3 is 2.92 bits per heavy atom. The second-order valence-electron chi connectivity index (χ2n) is 2.69. The van der Waals surface area contributed by atoms with E-state index in [1.807, 2.05) is 24.3 Å². The van der Waals surface area contributed by atoms with Gasteiger partial charge in [-0.15, -0.1) is 0 Å². The van der Waals surface area contributed by atoms with Gasteiger partial charge in [0, 0.05) is 5.39 Å². The lowest BCUT2D eigenvalue weighted by atomic mass is 10.1. The van der Waals surface area contributed by atoms with E-state index in [1.54, 1.807) is 6.07 Å². The number of fused-ring (bicyclic) bond motifs is 1. The minimum absolute atomic E-state index is 0.276. The Hall–Kier alpha value is -1.90. The van der Waals surface area contributed by atoms with E-state index in [0.717, 1.165) is 10.8 Å². The number of hydrogen-bond acceptors (Lipinski definition) is 2. The van der Waals surface area contributed by atoms with Crippen molar-refractivity contribution in [2.24, 2.45) is 5.73 Å². The monoisotopic (exact) mass is 171 g/mol. The molecule has 0 spiro atoms. The summed E-state index contributed by atoms with van der Waals surface area (Å²) < 4.78 is 0. The molecule has 0 saturated heterocycles. The molecule has 0 fully saturated rings. The molecule has 1 aromatic carbocycles. The van der Waals surface area contributed by atoms with Gasteiger partial charge in [-0.25, -0.2) is 4.98 Å². The highest BCUT2D eigenvalue weighted by molar-refractivity contribution is 6.04. The first kappa shape index (κ1) is 7.73. The van der Waals surface area contributed by atoms with E-state index in [9.17, 15) is 4.79 Å². The van der Waals surface area contributed by atoms with E-state index in [1.165, 1.54) is 0 Å². The molecule has 0 atom stereocenters. The van der Waals surface area contributed by atoms with E-state index in [-0.39, 0.29) is 5.69 Å². The molecule has 3 heteroatoms. The molecule has 0 aliphatic rings. The first-order valence-electron chi connectivity index (χ1n) is 3.84. The molecular formula is C10H7N2O. The molecular weight excluding hydrogens is 164 g/mol. The van der Waals surface area contributed by atoms with Crippen molar-refractivity contribution in [3.63, 3.8) is 0 Å². The lowest BCUT2D eigenvalue weighted by Gasteiger charge is -1.99. The van der Waals surface area contributed by atoms with Gasteiger partial charge >= 0.3 is 0 Å². The molecule has 1 aromatic heterocycles. The van der Waals surface area contributed by atoms with Crippen LogP contribution >= 0.6 is 0 Å². The Morgan fingerprint density at radius 2 is 2.15 bits per heavy atom. The van der Waals surface area contributed by atoms with Crippen molar-refractivity contribution >= 4 is 16.7 Å². The van der Waals surface area contributed by atoms with Gasteiger partial charge < -0.3 is 5.73 Å². The highest BCUT2D eigenvalue weighted by Gasteiger charge is 2.06. The van der Waals surface area contributed by atoms with Crippen molar-refractivity contribution in [2.75, 3.05) is 0 Å². The third kappa shape index (κ3) is 1.24. The molecule has 0 unspecified atom stereocenters. The van der Waals surface area contributed by atoms with Gasteiger partial charge in [-0.1, -0.05) is 24.3 Å². The first-order chi connectivity index (χ1) is 6.29. The van der Waals surface area contributed by atoms with Crippen LogP contribution in [-0.4, -0.2) is 10.9 Å². The third-order valence-corrected chi connectivity index (χ3v) is 1.85. The number of carbonyl (C=O) groups is 1. The van der Waals surface area contributed by atoms with Crippen LogP contribution in [0.25, 0.3) is 10.8 Å². The number of pyridine rings is 1. The quantitative estimate of drug-likeness (QED) is 0.699. The van der Waals surface area contributed by atoms with E-state index in [4.69, 9.17) is 5.73 Å². The Balaban J connectivity index is 2.83. The van der Waals surface area contributed by atoms with Gasteiger partial charge in [0.25, 0.3) is 5.91 Å². The van der Waals surface area contributed by atoms with Gasteiger partial charge in [-0.3, -0.25) is 4.79 Å². The smallest absolute Gasteiger partial charge is 0.267 e. The molecule has 63 valence electrons. The Kier molecular flexibility index (Phi) is 1.70. The maximum Gasteiger partial charge on any atom is 0.267 e. The number of nitrogens with zero attached hydrogens (tertiary/aromatic N) is 1. The van der Waals surface area contributed by atoms with Crippen LogP contribution in [0.1, 0.15) is 10.5 Å². The van der Waals surface area contributed by atoms with E-state index < -0.39 is 5.91 Å². The number of benzene rings is 1. The Morgan fingerprint density at radius 1 is 1.38 bits per heavy atom. The lowest BCUT2D eigenvalue weighted by Crippen LogP contribution is -2.13. The first-order valence-corrected chi connectivity index (χ1v) is 3.84. The van der Waals surface area contributed by atoms with Crippen LogP contribution in [0.15, 0.2) is 30.3 Å². The second-order valence-corrected chi connectivity index (χ2v) is 2.69. The van der Waals surface area contributed by atoms with Crippen molar-refractivity contribution < 1.29 is 4.79 Å². The van der Waals surface area contributed by atoms with Crippen LogP contribution in [0.3, 0.4) is 0 Å². The number of nitrogens with two attached hydrogens (primary N) is 1. The van der Waals surface area contributed by atoms with Crippen LogP contribution < -0.4 is 5.73 Å². The number of amides is 1. The number of aromatic nitrogens is 1. The summed E-state index contributed by atoms with van der Waals surface area (Å²) in [6.07, 6.45) is 2.63. The average Bonchev–Trinajstić information content (AvgIpc) is 2.17. The summed E-state index contributed by atoms with van der Waals surface area (Å²) >= 11 is 0. The summed E-state index contributed by atoms with van der Waals surface area (Å²) in [5, 5.41) is 1.69. The van der Waals surface area contributed by atoms with Gasteiger partial charge in [-0.05, 0) is 11.5 Å². The summed E-state index contributed by atoms with van der Waals surface area (Å²) in [6, 6.07) is 9.16. The molecule has 1 amide bonds. The maximum absolute atomic E-state index is 11.0. The predicted octanol–water partition coefficient (Wildman–Crippen LogP) is 1.13.